The van der Waals surface area contributed by atoms with Crippen molar-refractivity contribution >= 4 is 15.9 Å². The average Bonchev–Trinajstić information content (AvgIpc) is 2.62. The van der Waals surface area contributed by atoms with Gasteiger partial charge in [-0.15, -0.1) is 0 Å². The Labute approximate surface area is 159 Å². The molecule has 1 aromatic rings. The van der Waals surface area contributed by atoms with Crippen LogP contribution in [0, 0.1) is 0 Å². The minimum atomic E-state index is -0.538. The molecule has 0 aromatic heterocycles. The lowest BCUT2D eigenvalue weighted by atomic mass is 10.0. The number of ether oxygens (including phenoxy) is 2. The summed E-state index contributed by atoms with van der Waals surface area (Å²) >= 11 is 3.41. The molecule has 1 aromatic carbocycles. The summed E-state index contributed by atoms with van der Waals surface area (Å²) in [6.07, 6.45) is 8.92. The van der Waals surface area contributed by atoms with Crippen LogP contribution in [0.15, 0.2) is 52.0 Å². The van der Waals surface area contributed by atoms with E-state index in [1.807, 2.05) is 31.2 Å². The summed E-state index contributed by atoms with van der Waals surface area (Å²) in [5.74, 6) is 0. The number of rotatable bonds is 8. The van der Waals surface area contributed by atoms with Crippen LogP contribution in [0.2, 0.25) is 0 Å². The molecule has 1 aliphatic heterocycles. The highest BCUT2D eigenvalue weighted by molar-refractivity contribution is 9.10. The van der Waals surface area contributed by atoms with E-state index in [1.165, 1.54) is 12.0 Å². The molecule has 0 spiro atoms. The van der Waals surface area contributed by atoms with Crippen molar-refractivity contribution in [1.82, 2.24) is 0 Å². The fourth-order valence-corrected chi connectivity index (χ4v) is 3.05. The number of aliphatic hydroxyl groups excluding tert-OH is 1. The van der Waals surface area contributed by atoms with Crippen molar-refractivity contribution in [3.8, 4) is 0 Å². The molecule has 1 heterocycles. The molecule has 25 heavy (non-hydrogen) atoms. The molecule has 3 nitrogen and oxygen atoms in total. The van der Waals surface area contributed by atoms with Gasteiger partial charge in [0.15, 0.2) is 6.29 Å². The molecule has 1 unspecified atom stereocenters. The second-order valence-corrected chi connectivity index (χ2v) is 7.54. The molecule has 138 valence electrons. The molecule has 0 radical (unpaired) electrons. The second kappa shape index (κ2) is 10.9. The summed E-state index contributed by atoms with van der Waals surface area (Å²) in [4.78, 5) is 0. The Morgan fingerprint density at radius 2 is 2.04 bits per heavy atom. The predicted molar refractivity (Wildman–Crippen MR) is 105 cm³/mol. The van der Waals surface area contributed by atoms with E-state index in [9.17, 15) is 5.11 Å². The van der Waals surface area contributed by atoms with Gasteiger partial charge in [0, 0.05) is 11.1 Å². The van der Waals surface area contributed by atoms with Crippen LogP contribution in [-0.4, -0.2) is 24.6 Å². The van der Waals surface area contributed by atoms with E-state index < -0.39 is 6.10 Å². The lowest BCUT2D eigenvalue weighted by Crippen LogP contribution is -2.22. The molecule has 0 saturated carbocycles. The number of benzene rings is 1. The Morgan fingerprint density at radius 1 is 1.28 bits per heavy atom. The summed E-state index contributed by atoms with van der Waals surface area (Å²) < 4.78 is 12.3. The second-order valence-electron chi connectivity index (χ2n) is 6.62. The molecular formula is C21H29BrO3. The quantitative estimate of drug-likeness (QED) is 0.560. The van der Waals surface area contributed by atoms with E-state index in [2.05, 4.69) is 35.0 Å². The molecular weight excluding hydrogens is 380 g/mol. The first kappa shape index (κ1) is 20.4. The molecule has 0 bridgehead atoms. The normalized spacial score (nSPS) is 20.6. The first-order valence-electron chi connectivity index (χ1n) is 9.05. The first-order chi connectivity index (χ1) is 12.1. The number of hydrogen-bond donors (Lipinski definition) is 1. The van der Waals surface area contributed by atoms with Gasteiger partial charge in [0.2, 0.25) is 0 Å². The maximum atomic E-state index is 10.4. The van der Waals surface area contributed by atoms with Gasteiger partial charge in [-0.25, -0.2) is 0 Å². The molecule has 2 atom stereocenters. The Hall–Kier alpha value is -0.940. The summed E-state index contributed by atoms with van der Waals surface area (Å²) in [6.45, 7) is 5.54. The molecule has 1 N–H and O–H groups in total. The lowest BCUT2D eigenvalue weighted by molar-refractivity contribution is -0.155. The Balaban J connectivity index is 1.72. The van der Waals surface area contributed by atoms with Crippen molar-refractivity contribution in [2.45, 2.75) is 58.3 Å². The number of aliphatic hydroxyl groups is 1. The van der Waals surface area contributed by atoms with Gasteiger partial charge in [-0.2, -0.15) is 0 Å². The van der Waals surface area contributed by atoms with Gasteiger partial charge in [-0.1, -0.05) is 45.8 Å². The monoisotopic (exact) mass is 408 g/mol. The number of halogens is 1. The van der Waals surface area contributed by atoms with Crippen molar-refractivity contribution in [2.24, 2.45) is 0 Å². The summed E-state index contributed by atoms with van der Waals surface area (Å²) in [6, 6.07) is 7.80. The zero-order valence-corrected chi connectivity index (χ0v) is 16.8. The van der Waals surface area contributed by atoms with E-state index in [4.69, 9.17) is 9.47 Å². The van der Waals surface area contributed by atoms with Crippen molar-refractivity contribution in [1.29, 1.82) is 0 Å². The molecule has 0 amide bonds. The van der Waals surface area contributed by atoms with Crippen molar-refractivity contribution in [2.75, 3.05) is 13.2 Å². The van der Waals surface area contributed by atoms with Gasteiger partial charge in [0.05, 0.1) is 12.7 Å². The lowest BCUT2D eigenvalue weighted by Gasteiger charge is -2.22. The van der Waals surface area contributed by atoms with Crippen LogP contribution < -0.4 is 0 Å². The third-order valence-electron chi connectivity index (χ3n) is 4.47. The zero-order chi connectivity index (χ0) is 18.1. The minimum absolute atomic E-state index is 0.0269. The summed E-state index contributed by atoms with van der Waals surface area (Å²) in [5.41, 5.74) is 3.21. The largest absolute Gasteiger partial charge is 0.384 e. The Kier molecular flexibility index (Phi) is 8.90. The highest BCUT2D eigenvalue weighted by Gasteiger charge is 2.13. The van der Waals surface area contributed by atoms with Crippen LogP contribution in [0.3, 0.4) is 0 Å². The summed E-state index contributed by atoms with van der Waals surface area (Å²) in [5, 5.41) is 10.4. The number of allylic oxidation sites excluding steroid dienone is 2. The third-order valence-corrected chi connectivity index (χ3v) is 5.00. The van der Waals surface area contributed by atoms with Crippen LogP contribution in [-0.2, 0) is 9.47 Å². The van der Waals surface area contributed by atoms with Crippen molar-refractivity contribution < 1.29 is 14.6 Å². The van der Waals surface area contributed by atoms with Crippen LogP contribution in [0.1, 0.15) is 57.6 Å². The number of hydrogen-bond acceptors (Lipinski definition) is 3. The van der Waals surface area contributed by atoms with Gasteiger partial charge >= 0.3 is 0 Å². The van der Waals surface area contributed by atoms with E-state index in [0.717, 1.165) is 47.9 Å². The minimum Gasteiger partial charge on any atom is -0.384 e. The molecule has 2 rings (SSSR count). The topological polar surface area (TPSA) is 38.7 Å². The maximum Gasteiger partial charge on any atom is 0.157 e. The van der Waals surface area contributed by atoms with Crippen LogP contribution >= 0.6 is 15.9 Å². The van der Waals surface area contributed by atoms with Gasteiger partial charge in [0.25, 0.3) is 0 Å². The molecule has 1 fully saturated rings. The molecule has 1 aliphatic rings. The van der Waals surface area contributed by atoms with Gasteiger partial charge in [0.1, 0.15) is 0 Å². The van der Waals surface area contributed by atoms with Crippen molar-refractivity contribution in [3.63, 3.8) is 0 Å². The predicted octanol–water partition coefficient (Wildman–Crippen LogP) is 5.70. The fraction of sp³-hybridized carbons (Fsp3) is 0.524. The Bertz CT molecular complexity index is 571. The highest BCUT2D eigenvalue weighted by Crippen LogP contribution is 2.23. The Morgan fingerprint density at radius 3 is 2.72 bits per heavy atom. The van der Waals surface area contributed by atoms with Gasteiger partial charge < -0.3 is 14.6 Å². The smallest absolute Gasteiger partial charge is 0.157 e. The van der Waals surface area contributed by atoms with Crippen LogP contribution in [0.25, 0.3) is 0 Å². The van der Waals surface area contributed by atoms with Crippen LogP contribution in [0.4, 0.5) is 0 Å². The van der Waals surface area contributed by atoms with E-state index in [0.29, 0.717) is 6.61 Å². The summed E-state index contributed by atoms with van der Waals surface area (Å²) in [7, 11) is 0. The van der Waals surface area contributed by atoms with Gasteiger partial charge in [-0.05, 0) is 69.2 Å². The standard InChI is InChI=1S/C21H29BrO3/c1-16(13-15-25-20-8-3-4-14-24-20)6-5-7-17(2)21(23)18-9-11-19(22)12-10-18/h7,9-13,20-21,23H,3-6,8,14-15H2,1-2H3/b16-13+,17-7+/t20?,21-/m0/s1. The molecule has 1 saturated heterocycles. The zero-order valence-electron chi connectivity index (χ0n) is 15.2. The SMILES string of the molecule is C/C(=C\COC1CCCCO1)CC/C=C(\C)[C@H](O)c1ccc(Br)cc1. The van der Waals surface area contributed by atoms with Crippen LogP contribution in [0.5, 0.6) is 0 Å². The van der Waals surface area contributed by atoms with E-state index in [1.54, 1.807) is 0 Å². The first-order valence-corrected chi connectivity index (χ1v) is 9.84. The average molecular weight is 409 g/mol. The highest BCUT2D eigenvalue weighted by atomic mass is 79.9. The van der Waals surface area contributed by atoms with Crippen molar-refractivity contribution in [3.05, 3.63) is 57.6 Å². The molecule has 0 aliphatic carbocycles. The van der Waals surface area contributed by atoms with E-state index >= 15 is 0 Å². The van der Waals surface area contributed by atoms with Gasteiger partial charge in [-0.3, -0.25) is 0 Å². The maximum absolute atomic E-state index is 10.4. The third kappa shape index (κ3) is 7.45. The fourth-order valence-electron chi connectivity index (χ4n) is 2.79. The molecule has 4 heteroatoms. The van der Waals surface area contributed by atoms with E-state index in [-0.39, 0.29) is 6.29 Å².